The Morgan fingerprint density at radius 2 is 1.73 bits per heavy atom. The molecule has 0 aliphatic carbocycles. The van der Waals surface area contributed by atoms with Gasteiger partial charge in [0.15, 0.2) is 0 Å². The van der Waals surface area contributed by atoms with Crippen LogP contribution in [0.15, 0.2) is 53.5 Å². The monoisotopic (exact) mass is 385 g/mol. The van der Waals surface area contributed by atoms with Gasteiger partial charge in [0.05, 0.1) is 17.1 Å². The van der Waals surface area contributed by atoms with E-state index in [4.69, 9.17) is 16.6 Å². The topological polar surface area (TPSA) is 18.8 Å². The summed E-state index contributed by atoms with van der Waals surface area (Å²) in [7, 11) is 0. The lowest BCUT2D eigenvalue weighted by atomic mass is 10.1. The van der Waals surface area contributed by atoms with Crippen LogP contribution >= 0.6 is 23.5 Å². The molecule has 0 amide bonds. The molecule has 0 spiro atoms. The summed E-state index contributed by atoms with van der Waals surface area (Å²) >= 11 is 7.98. The van der Waals surface area contributed by atoms with E-state index in [1.54, 1.807) is 0 Å². The minimum atomic E-state index is 0.766. The van der Waals surface area contributed by atoms with Crippen molar-refractivity contribution in [2.45, 2.75) is 19.3 Å². The zero-order valence-corrected chi connectivity index (χ0v) is 16.5. The molecule has 3 nitrogen and oxygen atoms in total. The lowest BCUT2D eigenvalue weighted by Gasteiger charge is -2.24. The first-order chi connectivity index (χ1) is 12.8. The van der Waals surface area contributed by atoms with Crippen LogP contribution in [0.25, 0.3) is 0 Å². The average molecular weight is 386 g/mol. The van der Waals surface area contributed by atoms with Crippen molar-refractivity contribution in [1.29, 1.82) is 0 Å². The first kappa shape index (κ1) is 17.9. The first-order valence-electron chi connectivity index (χ1n) is 9.35. The number of benzene rings is 2. The van der Waals surface area contributed by atoms with E-state index >= 15 is 0 Å². The highest BCUT2D eigenvalue weighted by Gasteiger charge is 2.19. The lowest BCUT2D eigenvalue weighted by molar-refractivity contribution is 0.362. The molecule has 0 saturated carbocycles. The first-order valence-corrected chi connectivity index (χ1v) is 10.7. The summed E-state index contributed by atoms with van der Waals surface area (Å²) in [5.41, 5.74) is 4.58. The Kier molecular flexibility index (Phi) is 5.83. The van der Waals surface area contributed by atoms with Gasteiger partial charge in [-0.15, -0.1) is 0 Å². The van der Waals surface area contributed by atoms with E-state index in [1.165, 1.54) is 38.2 Å². The Balaban J connectivity index is 1.49. The molecule has 1 saturated heterocycles. The maximum Gasteiger partial charge on any atom is 0.0875 e. The molecule has 1 fully saturated rings. The van der Waals surface area contributed by atoms with Crippen molar-refractivity contribution in [2.24, 2.45) is 4.99 Å². The van der Waals surface area contributed by atoms with Crippen molar-refractivity contribution in [3.8, 4) is 0 Å². The van der Waals surface area contributed by atoms with Crippen LogP contribution in [0.3, 0.4) is 0 Å². The second kappa shape index (κ2) is 8.47. The van der Waals surface area contributed by atoms with Gasteiger partial charge < -0.3 is 9.21 Å². The molecule has 0 bridgehead atoms. The molecule has 0 aromatic heterocycles. The SMILES string of the molecule is Clc1ccc(C2=Nc3ccccc3N(SCCN3CCCC3)CC2)cc1. The van der Waals surface area contributed by atoms with E-state index < -0.39 is 0 Å². The largest absolute Gasteiger partial charge is 0.314 e. The standard InChI is InChI=1S/C21H24ClN3S/c22-18-9-7-17(8-10-18)19-11-14-25(21-6-2-1-5-20(21)23-19)26-16-15-24-12-3-4-13-24/h1-2,5-10H,3-4,11-16H2. The predicted octanol–water partition coefficient (Wildman–Crippen LogP) is 5.41. The van der Waals surface area contributed by atoms with Crippen molar-refractivity contribution in [2.75, 3.05) is 36.2 Å². The Labute approximate surface area is 165 Å². The molecular weight excluding hydrogens is 362 g/mol. The van der Waals surface area contributed by atoms with E-state index in [1.807, 2.05) is 24.1 Å². The highest BCUT2D eigenvalue weighted by atomic mass is 35.5. The zero-order valence-electron chi connectivity index (χ0n) is 14.9. The molecule has 136 valence electrons. The highest BCUT2D eigenvalue weighted by Crippen LogP contribution is 2.36. The van der Waals surface area contributed by atoms with Crippen molar-refractivity contribution in [1.82, 2.24) is 4.90 Å². The molecule has 0 unspecified atom stereocenters. The molecule has 5 heteroatoms. The number of likely N-dealkylation sites (tertiary alicyclic amines) is 1. The van der Waals surface area contributed by atoms with Gasteiger partial charge in [-0.3, -0.25) is 4.99 Å². The normalized spacial score (nSPS) is 17.7. The fourth-order valence-electron chi connectivity index (χ4n) is 3.57. The third-order valence-electron chi connectivity index (χ3n) is 4.99. The molecule has 2 aromatic carbocycles. The van der Waals surface area contributed by atoms with Crippen molar-refractivity contribution < 1.29 is 0 Å². The number of para-hydroxylation sites is 2. The zero-order chi connectivity index (χ0) is 17.8. The van der Waals surface area contributed by atoms with Crippen LogP contribution in [-0.4, -0.2) is 42.5 Å². The van der Waals surface area contributed by atoms with Crippen LogP contribution in [0.2, 0.25) is 5.02 Å². The van der Waals surface area contributed by atoms with Gasteiger partial charge in [0, 0.05) is 30.3 Å². The molecule has 0 N–H and O–H groups in total. The molecule has 0 atom stereocenters. The van der Waals surface area contributed by atoms with Crippen molar-refractivity contribution in [3.63, 3.8) is 0 Å². The summed E-state index contributed by atoms with van der Waals surface area (Å²) in [5.74, 6) is 1.13. The fourth-order valence-corrected chi connectivity index (χ4v) is 4.77. The molecular formula is C21H24ClN3S. The van der Waals surface area contributed by atoms with E-state index in [9.17, 15) is 0 Å². The Morgan fingerprint density at radius 3 is 2.54 bits per heavy atom. The Bertz CT molecular complexity index is 769. The van der Waals surface area contributed by atoms with Crippen LogP contribution < -0.4 is 4.31 Å². The van der Waals surface area contributed by atoms with Gasteiger partial charge in [0.1, 0.15) is 0 Å². The molecule has 2 heterocycles. The fraction of sp³-hybridized carbons (Fsp3) is 0.381. The van der Waals surface area contributed by atoms with E-state index in [2.05, 4.69) is 45.6 Å². The quantitative estimate of drug-likeness (QED) is 0.641. The van der Waals surface area contributed by atoms with E-state index in [-0.39, 0.29) is 0 Å². The van der Waals surface area contributed by atoms with Crippen molar-refractivity contribution in [3.05, 3.63) is 59.1 Å². The molecule has 0 radical (unpaired) electrons. The number of rotatable bonds is 5. The van der Waals surface area contributed by atoms with Crippen LogP contribution in [0.5, 0.6) is 0 Å². The third kappa shape index (κ3) is 4.25. The number of hydrogen-bond donors (Lipinski definition) is 0. The molecule has 26 heavy (non-hydrogen) atoms. The highest BCUT2D eigenvalue weighted by molar-refractivity contribution is 8.00. The maximum atomic E-state index is 6.04. The average Bonchev–Trinajstić information content (AvgIpc) is 3.11. The third-order valence-corrected chi connectivity index (χ3v) is 6.30. The summed E-state index contributed by atoms with van der Waals surface area (Å²) in [6.07, 6.45) is 3.65. The van der Waals surface area contributed by atoms with Gasteiger partial charge in [0.2, 0.25) is 0 Å². The summed E-state index contributed by atoms with van der Waals surface area (Å²) in [4.78, 5) is 7.56. The van der Waals surface area contributed by atoms with Crippen LogP contribution in [0.1, 0.15) is 24.8 Å². The van der Waals surface area contributed by atoms with Crippen LogP contribution in [0, 0.1) is 0 Å². The second-order valence-corrected chi connectivity index (χ2v) is 8.33. The summed E-state index contributed by atoms with van der Waals surface area (Å²) in [5, 5.41) is 0.766. The van der Waals surface area contributed by atoms with Gasteiger partial charge in [0.25, 0.3) is 0 Å². The summed E-state index contributed by atoms with van der Waals surface area (Å²) < 4.78 is 2.43. The van der Waals surface area contributed by atoms with Gasteiger partial charge >= 0.3 is 0 Å². The minimum Gasteiger partial charge on any atom is -0.314 e. The molecule has 4 rings (SSSR count). The number of halogens is 1. The van der Waals surface area contributed by atoms with Gasteiger partial charge in [-0.2, -0.15) is 0 Å². The van der Waals surface area contributed by atoms with Gasteiger partial charge in [-0.05, 0) is 67.7 Å². The smallest absolute Gasteiger partial charge is 0.0875 e. The van der Waals surface area contributed by atoms with Crippen LogP contribution in [-0.2, 0) is 0 Å². The number of nitrogens with zero attached hydrogens (tertiary/aromatic N) is 3. The lowest BCUT2D eigenvalue weighted by Crippen LogP contribution is -2.25. The second-order valence-electron chi connectivity index (χ2n) is 6.79. The maximum absolute atomic E-state index is 6.04. The van der Waals surface area contributed by atoms with Gasteiger partial charge in [-0.25, -0.2) is 0 Å². The molecule has 2 aromatic rings. The van der Waals surface area contributed by atoms with Crippen molar-refractivity contribution >= 4 is 40.6 Å². The number of hydrogen-bond acceptors (Lipinski definition) is 4. The van der Waals surface area contributed by atoms with E-state index in [0.29, 0.717) is 0 Å². The molecule has 2 aliphatic heterocycles. The van der Waals surface area contributed by atoms with Gasteiger partial charge in [-0.1, -0.05) is 35.9 Å². The Hall–Kier alpha value is -1.49. The molecule has 2 aliphatic rings. The predicted molar refractivity (Wildman–Crippen MR) is 114 cm³/mol. The summed E-state index contributed by atoms with van der Waals surface area (Å²) in [6, 6.07) is 16.5. The van der Waals surface area contributed by atoms with Crippen LogP contribution in [0.4, 0.5) is 11.4 Å². The Morgan fingerprint density at radius 1 is 0.962 bits per heavy atom. The minimum absolute atomic E-state index is 0.766. The summed E-state index contributed by atoms with van der Waals surface area (Å²) in [6.45, 7) is 4.68. The number of fused-ring (bicyclic) bond motifs is 1. The number of aliphatic imine (C=N–C) groups is 1. The number of anilines is 1. The van der Waals surface area contributed by atoms with E-state index in [0.717, 1.165) is 40.7 Å².